The molecule has 2 aliphatic heterocycles. The minimum atomic E-state index is -0.617. The molecule has 2 aromatic rings. The number of Topliss-reactive ketones (excluding diaryl/α,β-unsaturated/α-hetero) is 1. The molecular weight excluding hydrogens is 408 g/mol. The van der Waals surface area contributed by atoms with Crippen molar-refractivity contribution in [3.8, 4) is 5.75 Å². The second-order valence-electron chi connectivity index (χ2n) is 8.03. The number of piperidine rings is 1. The zero-order chi connectivity index (χ0) is 21.6. The van der Waals surface area contributed by atoms with Gasteiger partial charge in [0.2, 0.25) is 0 Å². The highest BCUT2D eigenvalue weighted by atomic mass is 35.5. The van der Waals surface area contributed by atoms with Crippen molar-refractivity contribution in [2.45, 2.75) is 38.7 Å². The number of nitrogens with zero attached hydrogens (tertiary/aromatic N) is 2. The van der Waals surface area contributed by atoms with E-state index in [0.717, 1.165) is 11.1 Å². The molecule has 0 radical (unpaired) electrons. The highest BCUT2D eigenvalue weighted by Crippen LogP contribution is 2.40. The first-order valence-electron chi connectivity index (χ1n) is 9.76. The van der Waals surface area contributed by atoms with Crippen molar-refractivity contribution in [3.63, 3.8) is 0 Å². The number of nitro groups is 1. The molecule has 1 saturated heterocycles. The molecule has 0 saturated carbocycles. The lowest BCUT2D eigenvalue weighted by Crippen LogP contribution is -2.52. The van der Waals surface area contributed by atoms with Crippen LogP contribution in [-0.2, 0) is 0 Å². The van der Waals surface area contributed by atoms with Crippen LogP contribution in [0.4, 0.5) is 5.69 Å². The van der Waals surface area contributed by atoms with E-state index in [9.17, 15) is 19.7 Å². The molecule has 156 valence electrons. The molecule has 7 nitrogen and oxygen atoms in total. The lowest BCUT2D eigenvalue weighted by Gasteiger charge is -2.44. The van der Waals surface area contributed by atoms with Gasteiger partial charge in [-0.2, -0.15) is 0 Å². The van der Waals surface area contributed by atoms with E-state index in [1.54, 1.807) is 4.90 Å². The number of halogens is 1. The number of aryl methyl sites for hydroxylation is 2. The van der Waals surface area contributed by atoms with Gasteiger partial charge in [-0.3, -0.25) is 19.7 Å². The van der Waals surface area contributed by atoms with Crippen LogP contribution in [0.15, 0.2) is 30.3 Å². The number of fused-ring (bicyclic) bond motifs is 1. The Kier molecular flexibility index (Phi) is 5.02. The Morgan fingerprint density at radius 1 is 1.17 bits per heavy atom. The third-order valence-electron chi connectivity index (χ3n) is 6.06. The number of carbonyl (C=O) groups is 2. The summed E-state index contributed by atoms with van der Waals surface area (Å²) in [5.74, 6) is 0.383. The third-order valence-corrected chi connectivity index (χ3v) is 6.38. The molecule has 1 amide bonds. The van der Waals surface area contributed by atoms with E-state index < -0.39 is 10.5 Å². The molecule has 0 bridgehead atoms. The highest BCUT2D eigenvalue weighted by Gasteiger charge is 2.44. The van der Waals surface area contributed by atoms with Gasteiger partial charge in [-0.15, -0.1) is 0 Å². The van der Waals surface area contributed by atoms with Crippen LogP contribution < -0.4 is 4.74 Å². The van der Waals surface area contributed by atoms with Gasteiger partial charge in [0, 0.05) is 37.6 Å². The van der Waals surface area contributed by atoms with Crippen molar-refractivity contribution in [2.24, 2.45) is 0 Å². The summed E-state index contributed by atoms with van der Waals surface area (Å²) >= 11 is 5.84. The molecule has 4 rings (SSSR count). The van der Waals surface area contributed by atoms with E-state index in [-0.39, 0.29) is 34.4 Å². The lowest BCUT2D eigenvalue weighted by molar-refractivity contribution is -0.384. The van der Waals surface area contributed by atoms with Crippen LogP contribution in [0.5, 0.6) is 5.75 Å². The zero-order valence-electron chi connectivity index (χ0n) is 16.7. The smallest absolute Gasteiger partial charge is 0.288 e. The predicted octanol–water partition coefficient (Wildman–Crippen LogP) is 4.51. The summed E-state index contributed by atoms with van der Waals surface area (Å²) in [5.41, 5.74) is 2.05. The van der Waals surface area contributed by atoms with Crippen molar-refractivity contribution in [1.82, 2.24) is 4.90 Å². The molecule has 2 aliphatic rings. The molecule has 30 heavy (non-hydrogen) atoms. The van der Waals surface area contributed by atoms with E-state index in [1.807, 2.05) is 26.0 Å². The summed E-state index contributed by atoms with van der Waals surface area (Å²) in [7, 11) is 0. The summed E-state index contributed by atoms with van der Waals surface area (Å²) in [4.78, 5) is 37.7. The fraction of sp³-hybridized carbons (Fsp3) is 0.364. The summed E-state index contributed by atoms with van der Waals surface area (Å²) in [6, 6.07) is 7.85. The second-order valence-corrected chi connectivity index (χ2v) is 8.44. The second kappa shape index (κ2) is 7.40. The quantitative estimate of drug-likeness (QED) is 0.518. The minimum absolute atomic E-state index is 0.00698. The number of ether oxygens (including phenoxy) is 1. The minimum Gasteiger partial charge on any atom is -0.486 e. The summed E-state index contributed by atoms with van der Waals surface area (Å²) in [5, 5.41) is 11.1. The first-order chi connectivity index (χ1) is 14.2. The van der Waals surface area contributed by atoms with Gasteiger partial charge in [-0.05, 0) is 49.2 Å². The largest absolute Gasteiger partial charge is 0.486 e. The normalized spacial score (nSPS) is 17.4. The highest BCUT2D eigenvalue weighted by molar-refractivity contribution is 6.32. The van der Waals surface area contributed by atoms with Crippen molar-refractivity contribution in [3.05, 3.63) is 67.7 Å². The Morgan fingerprint density at radius 2 is 1.83 bits per heavy atom. The van der Waals surface area contributed by atoms with Gasteiger partial charge in [-0.25, -0.2) is 0 Å². The maximum Gasteiger partial charge on any atom is 0.288 e. The number of carbonyl (C=O) groups excluding carboxylic acids is 2. The number of likely N-dealkylation sites (tertiary alicyclic amines) is 1. The van der Waals surface area contributed by atoms with Crippen LogP contribution in [0, 0.1) is 24.0 Å². The van der Waals surface area contributed by atoms with E-state index >= 15 is 0 Å². The van der Waals surface area contributed by atoms with Gasteiger partial charge in [0.1, 0.15) is 16.4 Å². The van der Waals surface area contributed by atoms with Gasteiger partial charge in [0.05, 0.1) is 16.9 Å². The average Bonchev–Trinajstić information content (AvgIpc) is 2.70. The first-order valence-corrected chi connectivity index (χ1v) is 10.1. The van der Waals surface area contributed by atoms with Crippen LogP contribution in [-0.4, -0.2) is 40.2 Å². The fourth-order valence-corrected chi connectivity index (χ4v) is 4.30. The molecule has 1 fully saturated rings. The van der Waals surface area contributed by atoms with Crippen LogP contribution in [0.25, 0.3) is 0 Å². The topological polar surface area (TPSA) is 89.8 Å². The molecule has 0 aromatic heterocycles. The van der Waals surface area contributed by atoms with E-state index in [0.29, 0.717) is 37.2 Å². The third kappa shape index (κ3) is 3.54. The number of nitro benzene ring substituents is 1. The molecule has 0 aliphatic carbocycles. The lowest BCUT2D eigenvalue weighted by atomic mass is 9.81. The predicted molar refractivity (Wildman–Crippen MR) is 111 cm³/mol. The Balaban J connectivity index is 1.51. The average molecular weight is 429 g/mol. The van der Waals surface area contributed by atoms with Gasteiger partial charge in [0.15, 0.2) is 5.78 Å². The molecule has 0 unspecified atom stereocenters. The summed E-state index contributed by atoms with van der Waals surface area (Å²) in [6.45, 7) is 4.77. The first kappa shape index (κ1) is 20.3. The van der Waals surface area contributed by atoms with E-state index in [2.05, 4.69) is 0 Å². The van der Waals surface area contributed by atoms with E-state index in [1.165, 1.54) is 18.2 Å². The summed E-state index contributed by atoms with van der Waals surface area (Å²) in [6.07, 6.45) is 1.33. The van der Waals surface area contributed by atoms with Gasteiger partial charge in [0.25, 0.3) is 11.6 Å². The monoisotopic (exact) mass is 428 g/mol. The van der Waals surface area contributed by atoms with Gasteiger partial charge in [-0.1, -0.05) is 11.6 Å². The molecule has 1 spiro atoms. The maximum absolute atomic E-state index is 12.9. The van der Waals surface area contributed by atoms with Gasteiger partial charge < -0.3 is 9.64 Å². The molecule has 0 atom stereocenters. The maximum atomic E-state index is 12.9. The number of ketones is 1. The van der Waals surface area contributed by atoms with Gasteiger partial charge >= 0.3 is 0 Å². The number of rotatable bonds is 2. The fourth-order valence-electron chi connectivity index (χ4n) is 4.11. The number of hydrogen-bond acceptors (Lipinski definition) is 5. The Hall–Kier alpha value is -2.93. The number of hydrogen-bond donors (Lipinski definition) is 0. The SMILES string of the molecule is Cc1cc2c(cc1C)C(=O)CC1(CCN(C(=O)c3ccc(Cl)c([N+](=O)[O-])c3)CC1)O2. The van der Waals surface area contributed by atoms with Crippen molar-refractivity contribution < 1.29 is 19.2 Å². The van der Waals surface area contributed by atoms with Crippen LogP contribution in [0.1, 0.15) is 51.1 Å². The molecule has 8 heteroatoms. The molecular formula is C22H21ClN2O5. The van der Waals surface area contributed by atoms with Crippen LogP contribution in [0.2, 0.25) is 5.02 Å². The van der Waals surface area contributed by atoms with Crippen molar-refractivity contribution in [1.29, 1.82) is 0 Å². The summed E-state index contributed by atoms with van der Waals surface area (Å²) < 4.78 is 6.30. The Labute approximate surface area is 178 Å². The Bertz CT molecular complexity index is 1070. The molecule has 2 aromatic carbocycles. The van der Waals surface area contributed by atoms with Crippen molar-refractivity contribution in [2.75, 3.05) is 13.1 Å². The van der Waals surface area contributed by atoms with Crippen LogP contribution in [0.3, 0.4) is 0 Å². The standard InChI is InChI=1S/C22H21ClN2O5/c1-13-9-16-19(26)12-22(30-20(16)10-14(13)2)5-7-24(8-6-22)21(27)15-3-4-17(23)18(11-15)25(28)29/h3-4,9-11H,5-8,12H2,1-2H3. The zero-order valence-corrected chi connectivity index (χ0v) is 17.5. The van der Waals surface area contributed by atoms with Crippen LogP contribution >= 0.6 is 11.6 Å². The van der Waals surface area contributed by atoms with E-state index in [4.69, 9.17) is 16.3 Å². The Morgan fingerprint density at radius 3 is 2.50 bits per heavy atom. The number of benzene rings is 2. The molecule has 2 heterocycles. The van der Waals surface area contributed by atoms with Crippen molar-refractivity contribution >= 4 is 29.0 Å². The molecule has 0 N–H and O–H groups in total. The number of amides is 1.